The summed E-state index contributed by atoms with van der Waals surface area (Å²) < 4.78 is 17.5. The zero-order valence-electron chi connectivity index (χ0n) is 5.87. The number of hydrogen-bond acceptors (Lipinski definition) is 3. The van der Waals surface area contributed by atoms with Crippen LogP contribution in [0.15, 0.2) is 18.2 Å². The molecule has 6 heteroatoms. The normalized spacial score (nSPS) is 9.67. The Morgan fingerprint density at radius 2 is 2.08 bits per heavy atom. The maximum absolute atomic E-state index is 12.6. The highest BCUT2D eigenvalue weighted by Crippen LogP contribution is 2.18. The Kier molecular flexibility index (Phi) is 3.30. The van der Waals surface area contributed by atoms with Gasteiger partial charge in [0.15, 0.2) is 0 Å². The molecule has 0 saturated carbocycles. The van der Waals surface area contributed by atoms with Crippen LogP contribution in [0.1, 0.15) is 0 Å². The molecular formula is C6H5BFIO3. The number of hydrogen-bond donors (Lipinski definition) is 2. The first-order chi connectivity index (χ1) is 5.59. The van der Waals surface area contributed by atoms with Gasteiger partial charge in [-0.25, -0.2) is 4.39 Å². The molecule has 0 spiro atoms. The lowest BCUT2D eigenvalue weighted by molar-refractivity contribution is 0.288. The fourth-order valence-electron chi connectivity index (χ4n) is 0.672. The van der Waals surface area contributed by atoms with Crippen molar-refractivity contribution in [3.05, 3.63) is 27.6 Å². The van der Waals surface area contributed by atoms with E-state index in [1.807, 2.05) is 0 Å². The summed E-state index contributed by atoms with van der Waals surface area (Å²) >= 11 is 1.78. The van der Waals surface area contributed by atoms with Crippen LogP contribution in [0.5, 0.6) is 5.75 Å². The first-order valence-corrected chi connectivity index (χ1v) is 4.15. The van der Waals surface area contributed by atoms with E-state index in [1.165, 1.54) is 18.2 Å². The van der Waals surface area contributed by atoms with Crippen molar-refractivity contribution in [2.75, 3.05) is 0 Å². The van der Waals surface area contributed by atoms with Gasteiger partial charge in [0.25, 0.3) is 0 Å². The van der Waals surface area contributed by atoms with Crippen LogP contribution < -0.4 is 4.65 Å². The Balaban J connectivity index is 2.82. The molecule has 0 aliphatic rings. The van der Waals surface area contributed by atoms with Gasteiger partial charge in [-0.05, 0) is 40.8 Å². The summed E-state index contributed by atoms with van der Waals surface area (Å²) in [5.41, 5.74) is 0. The Labute approximate surface area is 82.5 Å². The van der Waals surface area contributed by atoms with E-state index in [9.17, 15) is 4.39 Å². The lowest BCUT2D eigenvalue weighted by atomic mass is 10.2. The Morgan fingerprint density at radius 1 is 1.42 bits per heavy atom. The first-order valence-electron chi connectivity index (χ1n) is 3.07. The van der Waals surface area contributed by atoms with Crippen molar-refractivity contribution in [3.8, 4) is 5.75 Å². The Bertz CT molecular complexity index is 281. The molecule has 0 unspecified atom stereocenters. The van der Waals surface area contributed by atoms with E-state index in [0.717, 1.165) is 0 Å². The molecule has 0 aliphatic carbocycles. The van der Waals surface area contributed by atoms with Crippen LogP contribution in [-0.4, -0.2) is 17.4 Å². The van der Waals surface area contributed by atoms with Gasteiger partial charge in [-0.1, -0.05) is 0 Å². The highest BCUT2D eigenvalue weighted by atomic mass is 127. The van der Waals surface area contributed by atoms with E-state index in [-0.39, 0.29) is 11.6 Å². The van der Waals surface area contributed by atoms with E-state index in [1.54, 1.807) is 22.6 Å². The maximum Gasteiger partial charge on any atom is 0.707 e. The lowest BCUT2D eigenvalue weighted by Crippen LogP contribution is -2.20. The number of rotatable bonds is 2. The smallest absolute Gasteiger partial charge is 0.512 e. The third-order valence-corrected chi connectivity index (χ3v) is 1.96. The highest BCUT2D eigenvalue weighted by Gasteiger charge is 2.11. The quantitative estimate of drug-likeness (QED) is 0.622. The average Bonchev–Trinajstić information content (AvgIpc) is 1.96. The van der Waals surface area contributed by atoms with E-state index in [2.05, 4.69) is 4.65 Å². The second-order valence-electron chi connectivity index (χ2n) is 2.02. The van der Waals surface area contributed by atoms with Crippen LogP contribution in [0.4, 0.5) is 4.39 Å². The summed E-state index contributed by atoms with van der Waals surface area (Å²) in [6.45, 7) is 0. The molecule has 1 aromatic carbocycles. The van der Waals surface area contributed by atoms with Gasteiger partial charge in [0.1, 0.15) is 11.6 Å². The SMILES string of the molecule is OB(O)Oc1ccc(F)c(I)c1. The molecule has 0 bridgehead atoms. The van der Waals surface area contributed by atoms with Gasteiger partial charge in [0.2, 0.25) is 0 Å². The van der Waals surface area contributed by atoms with Crippen molar-refractivity contribution in [2.24, 2.45) is 0 Å². The minimum absolute atomic E-state index is 0.218. The van der Waals surface area contributed by atoms with Crippen molar-refractivity contribution in [1.82, 2.24) is 0 Å². The van der Waals surface area contributed by atoms with Gasteiger partial charge >= 0.3 is 7.32 Å². The minimum atomic E-state index is -1.87. The van der Waals surface area contributed by atoms with E-state index in [4.69, 9.17) is 10.0 Å². The van der Waals surface area contributed by atoms with Crippen LogP contribution >= 0.6 is 22.6 Å². The fraction of sp³-hybridized carbons (Fsp3) is 0. The van der Waals surface area contributed by atoms with Gasteiger partial charge < -0.3 is 14.7 Å². The fourth-order valence-corrected chi connectivity index (χ4v) is 1.16. The molecule has 0 saturated heterocycles. The maximum atomic E-state index is 12.6. The number of benzene rings is 1. The van der Waals surface area contributed by atoms with Crippen LogP contribution in [0.3, 0.4) is 0 Å². The van der Waals surface area contributed by atoms with E-state index < -0.39 is 7.32 Å². The predicted octanol–water partition coefficient (Wildman–Crippen LogP) is 0.779. The summed E-state index contributed by atoms with van der Waals surface area (Å²) in [4.78, 5) is 0. The molecule has 0 aliphatic heterocycles. The monoisotopic (exact) mass is 282 g/mol. The van der Waals surface area contributed by atoms with Crippen LogP contribution in [-0.2, 0) is 0 Å². The molecule has 2 N–H and O–H groups in total. The molecule has 3 nitrogen and oxygen atoms in total. The summed E-state index contributed by atoms with van der Waals surface area (Å²) in [5, 5.41) is 16.8. The third kappa shape index (κ3) is 2.61. The zero-order valence-corrected chi connectivity index (χ0v) is 8.03. The second-order valence-corrected chi connectivity index (χ2v) is 3.18. The predicted molar refractivity (Wildman–Crippen MR) is 49.9 cm³/mol. The topological polar surface area (TPSA) is 49.7 Å². The Hall–Kier alpha value is -0.335. The molecule has 0 atom stereocenters. The molecule has 0 aromatic heterocycles. The Morgan fingerprint density at radius 3 is 2.58 bits per heavy atom. The highest BCUT2D eigenvalue weighted by molar-refractivity contribution is 14.1. The molecule has 1 rings (SSSR count). The molecule has 1 aromatic rings. The summed E-state index contributed by atoms with van der Waals surface area (Å²) in [5.74, 6) is -0.147. The van der Waals surface area contributed by atoms with Crippen molar-refractivity contribution < 1.29 is 19.1 Å². The largest absolute Gasteiger partial charge is 0.707 e. The summed E-state index contributed by atoms with van der Waals surface area (Å²) in [7, 11) is -1.87. The van der Waals surface area contributed by atoms with Crippen molar-refractivity contribution in [3.63, 3.8) is 0 Å². The number of halogens is 2. The summed E-state index contributed by atoms with van der Waals surface area (Å²) in [6.07, 6.45) is 0. The molecular weight excluding hydrogens is 277 g/mol. The molecule has 64 valence electrons. The molecule has 0 fully saturated rings. The van der Waals surface area contributed by atoms with Crippen molar-refractivity contribution in [2.45, 2.75) is 0 Å². The van der Waals surface area contributed by atoms with Crippen molar-refractivity contribution in [1.29, 1.82) is 0 Å². The van der Waals surface area contributed by atoms with Gasteiger partial charge in [0, 0.05) is 0 Å². The lowest BCUT2D eigenvalue weighted by Gasteiger charge is -2.04. The molecule has 0 radical (unpaired) electrons. The average molecular weight is 282 g/mol. The van der Waals surface area contributed by atoms with Crippen LogP contribution in [0, 0.1) is 9.39 Å². The van der Waals surface area contributed by atoms with Crippen LogP contribution in [0.25, 0.3) is 0 Å². The van der Waals surface area contributed by atoms with Crippen LogP contribution in [0.2, 0.25) is 0 Å². The van der Waals surface area contributed by atoms with E-state index in [0.29, 0.717) is 3.57 Å². The van der Waals surface area contributed by atoms with E-state index >= 15 is 0 Å². The third-order valence-electron chi connectivity index (χ3n) is 1.13. The van der Waals surface area contributed by atoms with Gasteiger partial charge in [-0.15, -0.1) is 0 Å². The summed E-state index contributed by atoms with van der Waals surface area (Å²) in [6, 6.07) is 3.88. The zero-order chi connectivity index (χ0) is 9.14. The molecule has 0 heterocycles. The standard InChI is InChI=1S/C6H5BFIO3/c8-5-2-1-4(3-6(5)9)12-7(10)11/h1-3,10-11H. The van der Waals surface area contributed by atoms with Gasteiger partial charge in [-0.2, -0.15) is 0 Å². The minimum Gasteiger partial charge on any atom is -0.512 e. The van der Waals surface area contributed by atoms with Crippen molar-refractivity contribution >= 4 is 29.9 Å². The second kappa shape index (κ2) is 4.06. The van der Waals surface area contributed by atoms with Gasteiger partial charge in [-0.3, -0.25) is 0 Å². The first kappa shape index (κ1) is 9.75. The molecule has 0 amide bonds. The van der Waals surface area contributed by atoms with Gasteiger partial charge in [0.05, 0.1) is 3.57 Å². The molecule has 12 heavy (non-hydrogen) atoms.